The highest BCUT2D eigenvalue weighted by Gasteiger charge is 2.33. The van der Waals surface area contributed by atoms with Crippen molar-refractivity contribution in [2.24, 2.45) is 0 Å². The lowest BCUT2D eigenvalue weighted by atomic mass is 10.1. The Kier molecular flexibility index (Phi) is 6.96. The molecule has 1 aromatic carbocycles. The fraction of sp³-hybridized carbons (Fsp3) is 0.500. The smallest absolute Gasteiger partial charge is 0.417 e. The third kappa shape index (κ3) is 6.53. The third-order valence-electron chi connectivity index (χ3n) is 2.88. The predicted molar refractivity (Wildman–Crippen MR) is 79.3 cm³/mol. The molecule has 0 saturated carbocycles. The highest BCUT2D eigenvalue weighted by atomic mass is 35.5. The minimum atomic E-state index is -4.49. The van der Waals surface area contributed by atoms with Gasteiger partial charge in [-0.1, -0.05) is 11.6 Å². The molecule has 1 atom stereocenters. The molecule has 124 valence electrons. The number of nitrogens with one attached hydrogen (secondary N) is 2. The number of halogens is 4. The van der Waals surface area contributed by atoms with Crippen LogP contribution < -0.4 is 10.6 Å². The van der Waals surface area contributed by atoms with E-state index in [0.29, 0.717) is 25.2 Å². The average Bonchev–Trinajstić information content (AvgIpc) is 2.39. The SMILES string of the molecule is C[C@H](CNCCCC(=O)O)Nc1ccc(Cl)c(C(F)(F)F)c1. The van der Waals surface area contributed by atoms with Gasteiger partial charge in [0.25, 0.3) is 0 Å². The van der Waals surface area contributed by atoms with Crippen LogP contribution in [0.25, 0.3) is 0 Å². The van der Waals surface area contributed by atoms with Crippen molar-refractivity contribution < 1.29 is 23.1 Å². The second-order valence-electron chi connectivity index (χ2n) is 4.94. The second kappa shape index (κ2) is 8.24. The van der Waals surface area contributed by atoms with Crippen LogP contribution in [0.15, 0.2) is 18.2 Å². The molecule has 0 fully saturated rings. The number of aliphatic carboxylic acids is 1. The number of carboxylic acid groups (broad SMARTS) is 1. The largest absolute Gasteiger partial charge is 0.481 e. The van der Waals surface area contributed by atoms with E-state index in [2.05, 4.69) is 10.6 Å². The van der Waals surface area contributed by atoms with Gasteiger partial charge in [0, 0.05) is 24.7 Å². The average molecular weight is 339 g/mol. The molecule has 0 spiro atoms. The predicted octanol–water partition coefficient (Wildman–Crippen LogP) is 3.61. The van der Waals surface area contributed by atoms with E-state index in [1.807, 2.05) is 6.92 Å². The van der Waals surface area contributed by atoms with Gasteiger partial charge in [-0.3, -0.25) is 4.79 Å². The first-order valence-corrected chi connectivity index (χ1v) is 7.13. The van der Waals surface area contributed by atoms with Crippen LogP contribution in [0.5, 0.6) is 0 Å². The maximum absolute atomic E-state index is 12.7. The molecule has 0 aromatic heterocycles. The van der Waals surface area contributed by atoms with Crippen LogP contribution in [-0.2, 0) is 11.0 Å². The Labute approximate surface area is 131 Å². The summed E-state index contributed by atoms with van der Waals surface area (Å²) in [5.74, 6) is -0.853. The van der Waals surface area contributed by atoms with E-state index in [1.165, 1.54) is 12.1 Å². The molecule has 1 aromatic rings. The summed E-state index contributed by atoms with van der Waals surface area (Å²) >= 11 is 5.55. The topological polar surface area (TPSA) is 61.4 Å². The van der Waals surface area contributed by atoms with E-state index in [4.69, 9.17) is 16.7 Å². The summed E-state index contributed by atoms with van der Waals surface area (Å²) in [7, 11) is 0. The van der Waals surface area contributed by atoms with Crippen LogP contribution >= 0.6 is 11.6 Å². The maximum atomic E-state index is 12.7. The van der Waals surface area contributed by atoms with Crippen LogP contribution in [0.3, 0.4) is 0 Å². The molecule has 4 nitrogen and oxygen atoms in total. The van der Waals surface area contributed by atoms with Gasteiger partial charge in [0.2, 0.25) is 0 Å². The zero-order valence-electron chi connectivity index (χ0n) is 12.0. The molecule has 0 aliphatic rings. The van der Waals surface area contributed by atoms with Gasteiger partial charge in [-0.05, 0) is 38.1 Å². The standard InChI is InChI=1S/C14H18ClF3N2O2/c1-9(8-19-6-2-3-13(21)22)20-10-4-5-12(15)11(7-10)14(16,17)18/h4-5,7,9,19-20H,2-3,6,8H2,1H3,(H,21,22)/t9-/m1/s1. The van der Waals surface area contributed by atoms with Crippen molar-refractivity contribution in [3.05, 3.63) is 28.8 Å². The highest BCUT2D eigenvalue weighted by molar-refractivity contribution is 6.31. The minimum absolute atomic E-state index is 0.0843. The number of alkyl halides is 3. The number of hydrogen-bond acceptors (Lipinski definition) is 3. The van der Waals surface area contributed by atoms with Crippen molar-refractivity contribution in [1.29, 1.82) is 0 Å². The molecule has 0 amide bonds. The zero-order chi connectivity index (χ0) is 16.8. The first-order valence-electron chi connectivity index (χ1n) is 6.76. The highest BCUT2D eigenvalue weighted by Crippen LogP contribution is 2.36. The van der Waals surface area contributed by atoms with Crippen molar-refractivity contribution >= 4 is 23.3 Å². The van der Waals surface area contributed by atoms with E-state index in [1.54, 1.807) is 0 Å². The van der Waals surface area contributed by atoms with Crippen molar-refractivity contribution in [3.63, 3.8) is 0 Å². The quantitative estimate of drug-likeness (QED) is 0.634. The Morgan fingerprint density at radius 1 is 1.41 bits per heavy atom. The van der Waals surface area contributed by atoms with E-state index in [9.17, 15) is 18.0 Å². The van der Waals surface area contributed by atoms with E-state index >= 15 is 0 Å². The van der Waals surface area contributed by atoms with Crippen molar-refractivity contribution in [2.75, 3.05) is 18.4 Å². The van der Waals surface area contributed by atoms with Gasteiger partial charge in [0.15, 0.2) is 0 Å². The van der Waals surface area contributed by atoms with E-state index < -0.39 is 17.7 Å². The Morgan fingerprint density at radius 3 is 2.68 bits per heavy atom. The lowest BCUT2D eigenvalue weighted by Gasteiger charge is -2.18. The molecule has 0 unspecified atom stereocenters. The number of carboxylic acids is 1. The third-order valence-corrected chi connectivity index (χ3v) is 3.21. The summed E-state index contributed by atoms with van der Waals surface area (Å²) in [6.45, 7) is 2.85. The van der Waals surface area contributed by atoms with Gasteiger partial charge >= 0.3 is 12.1 Å². The molecule has 8 heteroatoms. The Balaban J connectivity index is 2.48. The minimum Gasteiger partial charge on any atom is -0.481 e. The molecule has 0 aliphatic heterocycles. The van der Waals surface area contributed by atoms with Crippen LogP contribution in [-0.4, -0.2) is 30.2 Å². The fourth-order valence-electron chi connectivity index (χ4n) is 1.85. The summed E-state index contributed by atoms with van der Waals surface area (Å²) in [5.41, 5.74) is -0.544. The van der Waals surface area contributed by atoms with Crippen LogP contribution in [0.4, 0.5) is 18.9 Å². The molecular formula is C14H18ClF3N2O2. The van der Waals surface area contributed by atoms with E-state index in [-0.39, 0.29) is 17.5 Å². The molecule has 0 saturated heterocycles. The fourth-order valence-corrected chi connectivity index (χ4v) is 2.08. The van der Waals surface area contributed by atoms with Gasteiger partial charge in [0.1, 0.15) is 0 Å². The van der Waals surface area contributed by atoms with Gasteiger partial charge in [-0.2, -0.15) is 13.2 Å². The van der Waals surface area contributed by atoms with Gasteiger partial charge in [-0.25, -0.2) is 0 Å². The molecular weight excluding hydrogens is 321 g/mol. The Hall–Kier alpha value is -1.47. The number of carbonyl (C=O) groups is 1. The number of rotatable bonds is 8. The van der Waals surface area contributed by atoms with Gasteiger partial charge < -0.3 is 15.7 Å². The van der Waals surface area contributed by atoms with Gasteiger partial charge in [-0.15, -0.1) is 0 Å². The summed E-state index contributed by atoms with van der Waals surface area (Å²) in [6.07, 6.45) is -3.91. The zero-order valence-corrected chi connectivity index (χ0v) is 12.8. The van der Waals surface area contributed by atoms with Crippen LogP contribution in [0.2, 0.25) is 5.02 Å². The van der Waals surface area contributed by atoms with Crippen molar-refractivity contribution in [2.45, 2.75) is 32.0 Å². The summed E-state index contributed by atoms with van der Waals surface area (Å²) in [6, 6.07) is 3.55. The number of hydrogen-bond donors (Lipinski definition) is 3. The molecule has 1 rings (SSSR count). The number of anilines is 1. The van der Waals surface area contributed by atoms with Crippen LogP contribution in [0, 0.1) is 0 Å². The second-order valence-corrected chi connectivity index (χ2v) is 5.35. The molecule has 0 aliphatic carbocycles. The van der Waals surface area contributed by atoms with Crippen molar-refractivity contribution in [3.8, 4) is 0 Å². The van der Waals surface area contributed by atoms with E-state index in [0.717, 1.165) is 6.07 Å². The van der Waals surface area contributed by atoms with Crippen molar-refractivity contribution in [1.82, 2.24) is 5.32 Å². The molecule has 0 bridgehead atoms. The summed E-state index contributed by atoms with van der Waals surface area (Å²) < 4.78 is 38.2. The molecule has 0 radical (unpaired) electrons. The summed E-state index contributed by atoms with van der Waals surface area (Å²) in [5, 5.41) is 14.1. The Morgan fingerprint density at radius 2 is 2.09 bits per heavy atom. The monoisotopic (exact) mass is 338 g/mol. The first kappa shape index (κ1) is 18.6. The van der Waals surface area contributed by atoms with Crippen LogP contribution in [0.1, 0.15) is 25.3 Å². The molecule has 22 heavy (non-hydrogen) atoms. The van der Waals surface area contributed by atoms with Gasteiger partial charge in [0.05, 0.1) is 10.6 Å². The summed E-state index contributed by atoms with van der Waals surface area (Å²) in [4.78, 5) is 10.3. The first-order chi connectivity index (χ1) is 10.2. The molecule has 0 heterocycles. The molecule has 3 N–H and O–H groups in total. The number of benzene rings is 1. The lowest BCUT2D eigenvalue weighted by Crippen LogP contribution is -2.31. The normalized spacial score (nSPS) is 13.0. The lowest BCUT2D eigenvalue weighted by molar-refractivity contribution is -0.138. The maximum Gasteiger partial charge on any atom is 0.417 e. The Bertz CT molecular complexity index is 509.